The SMILES string of the molecule is CCOC(=O)N1CCN(C(=O)c2ccc([C@H]3SCC(=O)N3Cc3ccco3)cc2)CC1. The Balaban J connectivity index is 1.38. The minimum Gasteiger partial charge on any atom is -0.467 e. The van der Waals surface area contributed by atoms with E-state index in [9.17, 15) is 14.4 Å². The van der Waals surface area contributed by atoms with Crippen LogP contribution < -0.4 is 0 Å². The molecule has 2 aliphatic heterocycles. The first-order valence-electron chi connectivity index (χ1n) is 10.3. The van der Waals surface area contributed by atoms with Crippen LogP contribution in [0.25, 0.3) is 0 Å². The molecular weight excluding hydrogens is 418 g/mol. The van der Waals surface area contributed by atoms with Crippen LogP contribution >= 0.6 is 11.8 Å². The second kappa shape index (κ2) is 9.47. The molecule has 2 aliphatic rings. The highest BCUT2D eigenvalue weighted by atomic mass is 32.2. The number of ether oxygens (including phenoxy) is 1. The topological polar surface area (TPSA) is 83.3 Å². The summed E-state index contributed by atoms with van der Waals surface area (Å²) < 4.78 is 10.4. The van der Waals surface area contributed by atoms with E-state index in [4.69, 9.17) is 9.15 Å². The molecule has 1 aromatic carbocycles. The number of hydrogen-bond acceptors (Lipinski definition) is 6. The fraction of sp³-hybridized carbons (Fsp3) is 0.409. The van der Waals surface area contributed by atoms with Gasteiger partial charge >= 0.3 is 6.09 Å². The van der Waals surface area contributed by atoms with Crippen LogP contribution in [0.2, 0.25) is 0 Å². The maximum absolute atomic E-state index is 12.9. The monoisotopic (exact) mass is 443 g/mol. The van der Waals surface area contributed by atoms with E-state index in [1.54, 1.807) is 39.6 Å². The highest BCUT2D eigenvalue weighted by molar-refractivity contribution is 8.00. The zero-order valence-electron chi connectivity index (χ0n) is 17.4. The lowest BCUT2D eigenvalue weighted by Gasteiger charge is -2.34. The van der Waals surface area contributed by atoms with Crippen molar-refractivity contribution in [2.75, 3.05) is 38.5 Å². The van der Waals surface area contributed by atoms with Crippen molar-refractivity contribution in [3.8, 4) is 0 Å². The second-order valence-electron chi connectivity index (χ2n) is 7.36. The van der Waals surface area contributed by atoms with Crippen molar-refractivity contribution in [2.45, 2.75) is 18.8 Å². The molecule has 3 amide bonds. The Morgan fingerprint density at radius 2 is 1.81 bits per heavy atom. The van der Waals surface area contributed by atoms with Gasteiger partial charge in [0.05, 0.1) is 25.2 Å². The van der Waals surface area contributed by atoms with Gasteiger partial charge in [-0.05, 0) is 36.8 Å². The molecule has 2 aromatic rings. The summed E-state index contributed by atoms with van der Waals surface area (Å²) in [7, 11) is 0. The summed E-state index contributed by atoms with van der Waals surface area (Å²) in [6.45, 7) is 4.42. The van der Waals surface area contributed by atoms with Crippen LogP contribution in [-0.4, -0.2) is 71.1 Å². The first-order valence-corrected chi connectivity index (χ1v) is 11.4. The maximum Gasteiger partial charge on any atom is 0.409 e. The first kappa shape index (κ1) is 21.3. The Labute approximate surface area is 185 Å². The number of benzene rings is 1. The zero-order valence-corrected chi connectivity index (χ0v) is 18.2. The summed E-state index contributed by atoms with van der Waals surface area (Å²) >= 11 is 1.57. The standard InChI is InChI=1S/C22H25N3O5S/c1-2-29-22(28)24-11-9-23(10-12-24)20(27)16-5-7-17(8-6-16)21-25(19(26)15-31-21)14-18-4-3-13-30-18/h3-8,13,21H,2,9-12,14-15H2,1H3/t21-/m1/s1. The Morgan fingerprint density at radius 1 is 1.10 bits per heavy atom. The molecule has 8 nitrogen and oxygen atoms in total. The van der Waals surface area contributed by atoms with Crippen LogP contribution in [0, 0.1) is 0 Å². The molecule has 9 heteroatoms. The summed E-state index contributed by atoms with van der Waals surface area (Å²) in [5.74, 6) is 1.19. The molecule has 0 saturated carbocycles. The minimum atomic E-state index is -0.332. The molecule has 31 heavy (non-hydrogen) atoms. The van der Waals surface area contributed by atoms with Gasteiger partial charge in [0, 0.05) is 31.7 Å². The van der Waals surface area contributed by atoms with Gasteiger partial charge in [-0.3, -0.25) is 9.59 Å². The molecule has 1 atom stereocenters. The molecule has 0 aliphatic carbocycles. The van der Waals surface area contributed by atoms with E-state index >= 15 is 0 Å². The smallest absolute Gasteiger partial charge is 0.409 e. The summed E-state index contributed by atoms with van der Waals surface area (Å²) in [6, 6.07) is 11.1. The lowest BCUT2D eigenvalue weighted by atomic mass is 10.1. The molecule has 0 spiro atoms. The fourth-order valence-corrected chi connectivity index (χ4v) is 4.94. The van der Waals surface area contributed by atoms with Gasteiger partial charge < -0.3 is 23.9 Å². The van der Waals surface area contributed by atoms with E-state index in [1.165, 1.54) is 0 Å². The average Bonchev–Trinajstić information content (AvgIpc) is 3.44. The zero-order chi connectivity index (χ0) is 21.8. The number of thioether (sulfide) groups is 1. The molecule has 4 rings (SSSR count). The predicted molar refractivity (Wildman–Crippen MR) is 115 cm³/mol. The number of carbonyl (C=O) groups is 3. The molecule has 2 saturated heterocycles. The number of furan rings is 1. The van der Waals surface area contributed by atoms with E-state index in [2.05, 4.69) is 0 Å². The third-order valence-corrected chi connectivity index (χ3v) is 6.67. The average molecular weight is 444 g/mol. The van der Waals surface area contributed by atoms with Gasteiger partial charge in [-0.15, -0.1) is 11.8 Å². The van der Waals surface area contributed by atoms with Crippen molar-refractivity contribution in [3.05, 3.63) is 59.5 Å². The van der Waals surface area contributed by atoms with Crippen molar-refractivity contribution in [1.29, 1.82) is 0 Å². The van der Waals surface area contributed by atoms with Crippen molar-refractivity contribution in [3.63, 3.8) is 0 Å². The van der Waals surface area contributed by atoms with E-state index in [0.717, 1.165) is 11.3 Å². The fourth-order valence-electron chi connectivity index (χ4n) is 3.75. The van der Waals surface area contributed by atoms with Crippen LogP contribution in [0.15, 0.2) is 47.1 Å². The Bertz CT molecular complexity index is 923. The molecule has 2 fully saturated rings. The summed E-state index contributed by atoms with van der Waals surface area (Å²) in [4.78, 5) is 42.2. The van der Waals surface area contributed by atoms with Crippen molar-refractivity contribution < 1.29 is 23.5 Å². The van der Waals surface area contributed by atoms with Crippen LogP contribution in [0.4, 0.5) is 4.79 Å². The summed E-state index contributed by atoms with van der Waals surface area (Å²) in [5.41, 5.74) is 1.58. The van der Waals surface area contributed by atoms with E-state index in [1.807, 2.05) is 36.4 Å². The molecule has 0 N–H and O–H groups in total. The number of rotatable bonds is 5. The van der Waals surface area contributed by atoms with Gasteiger partial charge in [0.25, 0.3) is 5.91 Å². The maximum atomic E-state index is 12.9. The molecule has 164 valence electrons. The first-order chi connectivity index (χ1) is 15.1. The van der Waals surface area contributed by atoms with Gasteiger partial charge in [0.15, 0.2) is 0 Å². The molecule has 1 aromatic heterocycles. The molecule has 0 unspecified atom stereocenters. The van der Waals surface area contributed by atoms with Crippen LogP contribution in [0.5, 0.6) is 0 Å². The Hall–Kier alpha value is -2.94. The van der Waals surface area contributed by atoms with Gasteiger partial charge in [-0.25, -0.2) is 4.79 Å². The number of amides is 3. The summed E-state index contributed by atoms with van der Waals surface area (Å²) in [6.07, 6.45) is 1.27. The number of nitrogens with zero attached hydrogens (tertiary/aromatic N) is 3. The van der Waals surface area contributed by atoms with Crippen LogP contribution in [0.3, 0.4) is 0 Å². The highest BCUT2D eigenvalue weighted by Crippen LogP contribution is 2.39. The number of piperazine rings is 1. The third-order valence-electron chi connectivity index (χ3n) is 5.41. The molecule has 3 heterocycles. The van der Waals surface area contributed by atoms with E-state index < -0.39 is 0 Å². The largest absolute Gasteiger partial charge is 0.467 e. The normalized spacial score (nSPS) is 19.1. The van der Waals surface area contributed by atoms with Crippen LogP contribution in [-0.2, 0) is 16.1 Å². The van der Waals surface area contributed by atoms with Gasteiger partial charge in [-0.1, -0.05) is 12.1 Å². The quantitative estimate of drug-likeness (QED) is 0.707. The highest BCUT2D eigenvalue weighted by Gasteiger charge is 2.33. The van der Waals surface area contributed by atoms with E-state index in [-0.39, 0.29) is 23.3 Å². The predicted octanol–water partition coefficient (Wildman–Crippen LogP) is 2.97. The van der Waals surface area contributed by atoms with E-state index in [0.29, 0.717) is 50.6 Å². The van der Waals surface area contributed by atoms with Crippen molar-refractivity contribution in [1.82, 2.24) is 14.7 Å². The van der Waals surface area contributed by atoms with Gasteiger partial charge in [0.1, 0.15) is 11.1 Å². The Morgan fingerprint density at radius 3 is 2.45 bits per heavy atom. The van der Waals surface area contributed by atoms with Gasteiger partial charge in [0.2, 0.25) is 5.91 Å². The molecule has 0 bridgehead atoms. The van der Waals surface area contributed by atoms with Gasteiger partial charge in [-0.2, -0.15) is 0 Å². The molecule has 0 radical (unpaired) electrons. The summed E-state index contributed by atoms with van der Waals surface area (Å²) in [5, 5.41) is -0.102. The Kier molecular flexibility index (Phi) is 6.50. The lowest BCUT2D eigenvalue weighted by Crippen LogP contribution is -2.50. The number of carbonyl (C=O) groups excluding carboxylic acids is 3. The van der Waals surface area contributed by atoms with Crippen molar-refractivity contribution in [2.24, 2.45) is 0 Å². The van der Waals surface area contributed by atoms with Crippen molar-refractivity contribution >= 4 is 29.7 Å². The third kappa shape index (κ3) is 4.71. The van der Waals surface area contributed by atoms with Crippen LogP contribution in [0.1, 0.15) is 34.0 Å². The second-order valence-corrected chi connectivity index (χ2v) is 8.43. The molecular formula is C22H25N3O5S. The minimum absolute atomic E-state index is 0.0577. The number of hydrogen-bond donors (Lipinski definition) is 0. The lowest BCUT2D eigenvalue weighted by molar-refractivity contribution is -0.128.